The molecule has 0 unspecified atom stereocenters. The van der Waals surface area contributed by atoms with E-state index >= 15 is 0 Å². The van der Waals surface area contributed by atoms with Gasteiger partial charge in [-0.15, -0.1) is 6.58 Å². The van der Waals surface area contributed by atoms with Crippen LogP contribution in [0.15, 0.2) is 30.4 Å². The van der Waals surface area contributed by atoms with E-state index < -0.39 is 0 Å². The van der Waals surface area contributed by atoms with E-state index in [9.17, 15) is 4.39 Å². The zero-order chi connectivity index (χ0) is 14.5. The molecule has 20 heavy (non-hydrogen) atoms. The predicted molar refractivity (Wildman–Crippen MR) is 79.6 cm³/mol. The Morgan fingerprint density at radius 3 is 2.75 bits per heavy atom. The molecule has 110 valence electrons. The normalized spacial score (nSPS) is 17.8. The van der Waals surface area contributed by atoms with E-state index in [2.05, 4.69) is 16.8 Å². The first-order chi connectivity index (χ1) is 9.61. The number of rotatable bonds is 5. The molecule has 0 saturated carbocycles. The molecule has 1 aromatic rings. The first-order valence-electron chi connectivity index (χ1n) is 7.04. The van der Waals surface area contributed by atoms with E-state index in [0.717, 1.165) is 38.2 Å². The Hall–Kier alpha value is -1.39. The Balaban J connectivity index is 2.31. The molecule has 0 aliphatic carbocycles. The van der Waals surface area contributed by atoms with Crippen molar-refractivity contribution in [2.24, 2.45) is 0 Å². The van der Waals surface area contributed by atoms with Crippen LogP contribution in [0.4, 0.5) is 4.39 Å². The van der Waals surface area contributed by atoms with E-state index in [1.165, 1.54) is 6.07 Å². The highest BCUT2D eigenvalue weighted by Crippen LogP contribution is 2.31. The molecule has 1 N–H and O–H groups in total. The van der Waals surface area contributed by atoms with Gasteiger partial charge in [0.05, 0.1) is 7.11 Å². The number of hydrogen-bond donors (Lipinski definition) is 1. The van der Waals surface area contributed by atoms with Gasteiger partial charge in [0.1, 0.15) is 11.6 Å². The van der Waals surface area contributed by atoms with Crippen LogP contribution in [0, 0.1) is 5.82 Å². The molecule has 1 fully saturated rings. The maximum absolute atomic E-state index is 14.2. The summed E-state index contributed by atoms with van der Waals surface area (Å²) in [6.45, 7) is 9.72. The Morgan fingerprint density at radius 1 is 1.45 bits per heavy atom. The Kier molecular flexibility index (Phi) is 5.15. The number of benzene rings is 1. The van der Waals surface area contributed by atoms with Crippen LogP contribution in [-0.2, 0) is 0 Å². The first kappa shape index (κ1) is 15.0. The lowest BCUT2D eigenvalue weighted by atomic mass is 9.97. The third-order valence-electron chi connectivity index (χ3n) is 3.70. The van der Waals surface area contributed by atoms with Gasteiger partial charge in [-0.3, -0.25) is 4.90 Å². The highest BCUT2D eigenvalue weighted by molar-refractivity contribution is 5.32. The smallest absolute Gasteiger partial charge is 0.128 e. The van der Waals surface area contributed by atoms with Crippen molar-refractivity contribution in [1.29, 1.82) is 0 Å². The fourth-order valence-corrected chi connectivity index (χ4v) is 2.66. The quantitative estimate of drug-likeness (QED) is 0.838. The minimum Gasteiger partial charge on any atom is -0.497 e. The van der Waals surface area contributed by atoms with E-state index in [-0.39, 0.29) is 11.9 Å². The molecule has 0 spiro atoms. The van der Waals surface area contributed by atoms with Crippen molar-refractivity contribution < 1.29 is 9.13 Å². The highest BCUT2D eigenvalue weighted by atomic mass is 19.1. The van der Waals surface area contributed by atoms with Crippen molar-refractivity contribution in [1.82, 2.24) is 10.2 Å². The van der Waals surface area contributed by atoms with Crippen LogP contribution >= 0.6 is 0 Å². The molecular formula is C16H23FN2O. The van der Waals surface area contributed by atoms with Crippen molar-refractivity contribution in [3.63, 3.8) is 0 Å². The number of piperazine rings is 1. The minimum absolute atomic E-state index is 0.0321. The van der Waals surface area contributed by atoms with Crippen molar-refractivity contribution >= 4 is 0 Å². The number of ether oxygens (including phenoxy) is 1. The van der Waals surface area contributed by atoms with Gasteiger partial charge in [0.15, 0.2) is 0 Å². The van der Waals surface area contributed by atoms with E-state index in [1.807, 2.05) is 13.0 Å². The summed E-state index contributed by atoms with van der Waals surface area (Å²) < 4.78 is 19.5. The van der Waals surface area contributed by atoms with Gasteiger partial charge in [0.25, 0.3) is 0 Å². The number of nitrogens with one attached hydrogen (secondary N) is 1. The van der Waals surface area contributed by atoms with Gasteiger partial charge in [-0.05, 0) is 31.5 Å². The molecule has 3 nitrogen and oxygen atoms in total. The molecule has 1 aliphatic rings. The molecule has 2 rings (SSSR count). The number of methoxy groups -OCH3 is 1. The number of hydrogen-bond acceptors (Lipinski definition) is 3. The topological polar surface area (TPSA) is 24.5 Å². The summed E-state index contributed by atoms with van der Waals surface area (Å²) >= 11 is 0. The van der Waals surface area contributed by atoms with Crippen molar-refractivity contribution in [3.05, 3.63) is 41.7 Å². The molecule has 0 amide bonds. The summed E-state index contributed by atoms with van der Waals surface area (Å²) in [5.74, 6) is 0.527. The maximum Gasteiger partial charge on any atom is 0.128 e. The third kappa shape index (κ3) is 3.58. The summed E-state index contributed by atoms with van der Waals surface area (Å²) in [5, 5.41) is 3.33. The molecule has 1 aromatic carbocycles. The molecule has 0 radical (unpaired) electrons. The predicted octanol–water partition coefficient (Wildman–Crippen LogP) is 2.75. The van der Waals surface area contributed by atoms with E-state index in [1.54, 1.807) is 13.2 Å². The van der Waals surface area contributed by atoms with Gasteiger partial charge >= 0.3 is 0 Å². The van der Waals surface area contributed by atoms with Crippen LogP contribution in [0.5, 0.6) is 5.75 Å². The van der Waals surface area contributed by atoms with Crippen LogP contribution in [-0.4, -0.2) is 38.2 Å². The first-order valence-corrected chi connectivity index (χ1v) is 7.04. The zero-order valence-corrected chi connectivity index (χ0v) is 12.3. The second kappa shape index (κ2) is 6.86. The maximum atomic E-state index is 14.2. The van der Waals surface area contributed by atoms with Gasteiger partial charge in [-0.1, -0.05) is 5.57 Å². The van der Waals surface area contributed by atoms with Crippen LogP contribution in [0.2, 0.25) is 0 Å². The van der Waals surface area contributed by atoms with Gasteiger partial charge in [0, 0.05) is 37.8 Å². The second-order valence-corrected chi connectivity index (χ2v) is 5.35. The highest BCUT2D eigenvalue weighted by Gasteiger charge is 2.25. The Morgan fingerprint density at radius 2 is 2.15 bits per heavy atom. The Labute approximate surface area is 120 Å². The van der Waals surface area contributed by atoms with Gasteiger partial charge in [-0.25, -0.2) is 4.39 Å². The third-order valence-corrected chi connectivity index (χ3v) is 3.70. The SMILES string of the molecule is C=C(C)C[C@H](c1cc(OC)ccc1F)N1CCNCC1. The fraction of sp³-hybridized carbons (Fsp3) is 0.500. The molecular weight excluding hydrogens is 255 g/mol. The minimum atomic E-state index is -0.171. The average molecular weight is 278 g/mol. The van der Waals surface area contributed by atoms with Crippen molar-refractivity contribution in [3.8, 4) is 5.75 Å². The molecule has 0 aromatic heterocycles. The molecule has 1 atom stereocenters. The zero-order valence-electron chi connectivity index (χ0n) is 12.3. The summed E-state index contributed by atoms with van der Waals surface area (Å²) in [7, 11) is 1.61. The largest absolute Gasteiger partial charge is 0.497 e. The van der Waals surface area contributed by atoms with Crippen LogP contribution in [0.25, 0.3) is 0 Å². The molecule has 1 heterocycles. The van der Waals surface area contributed by atoms with E-state index in [4.69, 9.17) is 4.74 Å². The summed E-state index contributed by atoms with van der Waals surface area (Å²) in [4.78, 5) is 2.32. The summed E-state index contributed by atoms with van der Waals surface area (Å²) in [5.41, 5.74) is 1.77. The van der Waals surface area contributed by atoms with E-state index in [0.29, 0.717) is 11.3 Å². The second-order valence-electron chi connectivity index (χ2n) is 5.35. The average Bonchev–Trinajstić information content (AvgIpc) is 2.46. The van der Waals surface area contributed by atoms with Gasteiger partial charge < -0.3 is 10.1 Å². The van der Waals surface area contributed by atoms with Gasteiger partial charge in [-0.2, -0.15) is 0 Å². The van der Waals surface area contributed by atoms with Crippen LogP contribution in [0.1, 0.15) is 24.9 Å². The van der Waals surface area contributed by atoms with Crippen molar-refractivity contribution in [2.75, 3.05) is 33.3 Å². The van der Waals surface area contributed by atoms with Crippen molar-refractivity contribution in [2.45, 2.75) is 19.4 Å². The summed E-state index contributed by atoms with van der Waals surface area (Å²) in [6, 6.07) is 4.99. The standard InChI is InChI=1S/C16H23FN2O/c1-12(2)10-16(19-8-6-18-7-9-19)14-11-13(20-3)4-5-15(14)17/h4-5,11,16,18H,1,6-10H2,2-3H3/t16-/m1/s1. The lowest BCUT2D eigenvalue weighted by Crippen LogP contribution is -2.45. The number of nitrogens with zero attached hydrogens (tertiary/aromatic N) is 1. The number of halogens is 1. The van der Waals surface area contributed by atoms with Crippen LogP contribution < -0.4 is 10.1 Å². The lowest BCUT2D eigenvalue weighted by molar-refractivity contribution is 0.169. The van der Waals surface area contributed by atoms with Gasteiger partial charge in [0.2, 0.25) is 0 Å². The fourth-order valence-electron chi connectivity index (χ4n) is 2.66. The molecule has 1 saturated heterocycles. The monoisotopic (exact) mass is 278 g/mol. The molecule has 0 bridgehead atoms. The Bertz CT molecular complexity index is 470. The molecule has 4 heteroatoms. The summed E-state index contributed by atoms with van der Waals surface area (Å²) in [6.07, 6.45) is 0.768. The van der Waals surface area contributed by atoms with Crippen LogP contribution in [0.3, 0.4) is 0 Å². The molecule has 1 aliphatic heterocycles. The lowest BCUT2D eigenvalue weighted by Gasteiger charge is -2.35.